The van der Waals surface area contributed by atoms with Gasteiger partial charge < -0.3 is 19.7 Å². The first-order chi connectivity index (χ1) is 20.4. The lowest BCUT2D eigenvalue weighted by molar-refractivity contribution is -0.362. The zero-order valence-corrected chi connectivity index (χ0v) is 26.1. The number of hydrogen-bond acceptors (Lipinski definition) is 4. The Labute approximate surface area is 256 Å². The number of ether oxygens (including phenoxy) is 2. The molecule has 5 aliphatic rings. The van der Waals surface area contributed by atoms with Gasteiger partial charge >= 0.3 is 12.1 Å². The fraction of sp³-hybridized carbons (Fsp3) is 0.714. The molecule has 1 saturated heterocycles. The molecule has 1 aliphatic heterocycles. The first-order valence-corrected chi connectivity index (χ1v) is 16.1. The Morgan fingerprint density at radius 1 is 0.932 bits per heavy atom. The van der Waals surface area contributed by atoms with Crippen LogP contribution in [0.15, 0.2) is 41.5 Å². The van der Waals surface area contributed by atoms with Gasteiger partial charge in [0, 0.05) is 29.6 Å². The lowest BCUT2D eigenvalue weighted by Gasteiger charge is -2.59. The van der Waals surface area contributed by atoms with Crippen molar-refractivity contribution in [2.45, 2.75) is 120 Å². The van der Waals surface area contributed by atoms with Crippen LogP contribution in [0.5, 0.6) is 0 Å². The third kappa shape index (κ3) is 4.73. The molecule has 1 aromatic carbocycles. The molecule has 3 saturated carbocycles. The van der Waals surface area contributed by atoms with E-state index in [2.05, 4.69) is 13.8 Å². The maximum Gasteiger partial charge on any atom is 0.456 e. The van der Waals surface area contributed by atoms with E-state index in [-0.39, 0.29) is 30.6 Å². The van der Waals surface area contributed by atoms with Crippen LogP contribution in [0.1, 0.15) is 103 Å². The molecule has 1 aromatic rings. The van der Waals surface area contributed by atoms with Gasteiger partial charge in [0.15, 0.2) is 5.79 Å². The summed E-state index contributed by atoms with van der Waals surface area (Å²) in [6, 6.07) is 7.69. The van der Waals surface area contributed by atoms with E-state index < -0.39 is 52.8 Å². The molecular formula is C35H45F5O4. The topological polar surface area (TPSA) is 58.9 Å². The third-order valence-electron chi connectivity index (χ3n) is 11.8. The van der Waals surface area contributed by atoms with Crippen LogP contribution in [-0.4, -0.2) is 52.5 Å². The van der Waals surface area contributed by atoms with Crippen molar-refractivity contribution in [3.05, 3.63) is 52.6 Å². The van der Waals surface area contributed by atoms with E-state index in [9.17, 15) is 23.4 Å². The quantitative estimate of drug-likeness (QED) is 0.261. The van der Waals surface area contributed by atoms with Crippen LogP contribution in [0.25, 0.3) is 6.08 Å². The van der Waals surface area contributed by atoms with E-state index in [1.54, 1.807) is 0 Å². The van der Waals surface area contributed by atoms with Crippen LogP contribution in [0.3, 0.4) is 0 Å². The van der Waals surface area contributed by atoms with Crippen molar-refractivity contribution in [2.24, 2.45) is 22.7 Å². The Morgan fingerprint density at radius 3 is 2.20 bits per heavy atom. The number of aliphatic hydroxyl groups is 2. The summed E-state index contributed by atoms with van der Waals surface area (Å²) >= 11 is 0. The molecular weight excluding hydrogens is 579 g/mol. The maximum absolute atomic E-state index is 15.3. The smallest absolute Gasteiger partial charge is 0.385 e. The minimum Gasteiger partial charge on any atom is -0.385 e. The first kappa shape index (κ1) is 32.1. The molecule has 2 N–H and O–H groups in total. The fourth-order valence-corrected chi connectivity index (χ4v) is 9.40. The van der Waals surface area contributed by atoms with Crippen molar-refractivity contribution >= 4 is 6.08 Å². The summed E-state index contributed by atoms with van der Waals surface area (Å²) in [5, 5.41) is 23.8. The molecule has 0 radical (unpaired) electrons. The van der Waals surface area contributed by atoms with Crippen LogP contribution >= 0.6 is 0 Å². The van der Waals surface area contributed by atoms with Crippen molar-refractivity contribution in [3.8, 4) is 0 Å². The maximum atomic E-state index is 15.3. The summed E-state index contributed by atoms with van der Waals surface area (Å²) in [7, 11) is 0. The molecule has 4 aliphatic carbocycles. The standard InChI is InChI=1S/C35H45F5O4/c1-5-6-7-22-8-10-23(11-9-22)25-18-30(4)26(14-17-33(30,42)34(36,37)35(38,39)40)24-12-15-31(41)19-32(16-13-27(31)28(24)25)43-20-29(2,3)21-44-32/h6-11,24-26,41-42H,5,12-21H2,1-4H3/b7-6+/t24?,25-,26?,30?,31-,33?/m1/s1. The molecule has 6 rings (SSSR count). The van der Waals surface area contributed by atoms with Crippen LogP contribution in [-0.2, 0) is 9.47 Å². The second-order valence-corrected chi connectivity index (χ2v) is 15.2. The summed E-state index contributed by atoms with van der Waals surface area (Å²) < 4.78 is 84.7. The average Bonchev–Trinajstić information content (AvgIpc) is 3.24. The molecule has 0 aromatic heterocycles. The monoisotopic (exact) mass is 624 g/mol. The number of hydrogen-bond donors (Lipinski definition) is 2. The second kappa shape index (κ2) is 10.3. The van der Waals surface area contributed by atoms with Gasteiger partial charge in [-0.3, -0.25) is 0 Å². The molecule has 44 heavy (non-hydrogen) atoms. The fourth-order valence-electron chi connectivity index (χ4n) is 9.40. The molecule has 4 fully saturated rings. The molecule has 4 unspecified atom stereocenters. The molecule has 0 bridgehead atoms. The zero-order valence-electron chi connectivity index (χ0n) is 26.1. The lowest BCUT2D eigenvalue weighted by atomic mass is 9.49. The second-order valence-electron chi connectivity index (χ2n) is 15.2. The van der Waals surface area contributed by atoms with E-state index in [0.29, 0.717) is 38.9 Å². The summed E-state index contributed by atoms with van der Waals surface area (Å²) in [4.78, 5) is 0. The number of benzene rings is 1. The zero-order chi connectivity index (χ0) is 32.0. The Morgan fingerprint density at radius 2 is 1.59 bits per heavy atom. The average molecular weight is 625 g/mol. The number of fused-ring (bicyclic) bond motifs is 4. The Hall–Kier alpha value is -1.81. The summed E-state index contributed by atoms with van der Waals surface area (Å²) in [5.74, 6) is -7.59. The molecule has 9 heteroatoms. The predicted octanol–water partition coefficient (Wildman–Crippen LogP) is 8.33. The van der Waals surface area contributed by atoms with Gasteiger partial charge in [-0.15, -0.1) is 0 Å². The largest absolute Gasteiger partial charge is 0.456 e. The van der Waals surface area contributed by atoms with Gasteiger partial charge in [-0.1, -0.05) is 69.7 Å². The normalized spacial score (nSPS) is 38.5. The van der Waals surface area contributed by atoms with Crippen molar-refractivity contribution in [1.29, 1.82) is 0 Å². The van der Waals surface area contributed by atoms with Crippen LogP contribution in [0.4, 0.5) is 22.0 Å². The van der Waals surface area contributed by atoms with Gasteiger partial charge in [-0.05, 0) is 73.5 Å². The van der Waals surface area contributed by atoms with E-state index in [4.69, 9.17) is 9.47 Å². The minimum atomic E-state index is -5.87. The Bertz CT molecular complexity index is 1320. The Kier molecular flexibility index (Phi) is 7.56. The molecule has 4 nitrogen and oxygen atoms in total. The van der Waals surface area contributed by atoms with Gasteiger partial charge in [0.1, 0.15) is 5.60 Å². The number of alkyl halides is 5. The van der Waals surface area contributed by atoms with Crippen LogP contribution in [0, 0.1) is 22.7 Å². The van der Waals surface area contributed by atoms with Crippen LogP contribution < -0.4 is 0 Å². The summed E-state index contributed by atoms with van der Waals surface area (Å²) in [6.45, 7) is 8.61. The van der Waals surface area contributed by atoms with Gasteiger partial charge in [0.2, 0.25) is 0 Å². The highest BCUT2D eigenvalue weighted by atomic mass is 19.4. The van der Waals surface area contributed by atoms with Gasteiger partial charge in [-0.2, -0.15) is 22.0 Å². The minimum absolute atomic E-state index is 0.0667. The third-order valence-corrected chi connectivity index (χ3v) is 11.8. The van der Waals surface area contributed by atoms with E-state index in [0.717, 1.165) is 28.7 Å². The summed E-state index contributed by atoms with van der Waals surface area (Å²) in [5.41, 5.74) is -2.72. The SMILES string of the molecule is CC/C=C/c1ccc([C@H]2CC3(C)C(CCC3(O)C(F)(F)C(F)(F)F)C3CC[C@@]4(O)CC5(CCC4=C32)OCC(C)(C)CO5)cc1. The van der Waals surface area contributed by atoms with E-state index in [1.807, 2.05) is 43.3 Å². The highest BCUT2D eigenvalue weighted by Crippen LogP contribution is 2.71. The molecule has 1 heterocycles. The van der Waals surface area contributed by atoms with Crippen molar-refractivity contribution in [1.82, 2.24) is 0 Å². The lowest BCUT2D eigenvalue weighted by Crippen LogP contribution is -2.65. The molecule has 0 amide bonds. The van der Waals surface area contributed by atoms with E-state index >= 15 is 8.78 Å². The van der Waals surface area contributed by atoms with Crippen molar-refractivity contribution in [3.63, 3.8) is 0 Å². The predicted molar refractivity (Wildman–Crippen MR) is 157 cm³/mol. The number of rotatable bonds is 4. The number of allylic oxidation sites excluding steroid dienone is 2. The van der Waals surface area contributed by atoms with Crippen LogP contribution in [0.2, 0.25) is 0 Å². The molecule has 6 atom stereocenters. The van der Waals surface area contributed by atoms with Crippen molar-refractivity contribution in [2.75, 3.05) is 13.2 Å². The van der Waals surface area contributed by atoms with Gasteiger partial charge in [-0.25, -0.2) is 0 Å². The summed E-state index contributed by atoms with van der Waals surface area (Å²) in [6.07, 6.45) is 0.406. The highest BCUT2D eigenvalue weighted by Gasteiger charge is 2.79. The van der Waals surface area contributed by atoms with Gasteiger partial charge in [0.25, 0.3) is 0 Å². The highest BCUT2D eigenvalue weighted by molar-refractivity contribution is 5.51. The molecule has 1 spiro atoms. The molecule has 244 valence electrons. The van der Waals surface area contributed by atoms with E-state index in [1.165, 1.54) is 6.92 Å². The number of halogens is 5. The van der Waals surface area contributed by atoms with Gasteiger partial charge in [0.05, 0.1) is 18.8 Å². The Balaban J connectivity index is 1.45. The first-order valence-electron chi connectivity index (χ1n) is 16.1. The van der Waals surface area contributed by atoms with Crippen molar-refractivity contribution < 1.29 is 41.6 Å².